The lowest BCUT2D eigenvalue weighted by Gasteiger charge is -2.16. The predicted octanol–water partition coefficient (Wildman–Crippen LogP) is 0.199. The molecular formula is C9H13N3O4S. The summed E-state index contributed by atoms with van der Waals surface area (Å²) in [5, 5.41) is 14.8. The van der Waals surface area contributed by atoms with Gasteiger partial charge in [-0.15, -0.1) is 0 Å². The molecule has 1 heterocycles. The third-order valence-electron chi connectivity index (χ3n) is 2.79. The van der Waals surface area contributed by atoms with Crippen LogP contribution in [-0.4, -0.2) is 47.1 Å². The van der Waals surface area contributed by atoms with Crippen LogP contribution in [0.5, 0.6) is 0 Å². The summed E-state index contributed by atoms with van der Waals surface area (Å²) in [4.78, 5) is 10.7. The Bertz CT molecular complexity index is 559. The third-order valence-corrected chi connectivity index (χ3v) is 4.86. The van der Waals surface area contributed by atoms with Gasteiger partial charge in [-0.2, -0.15) is 9.40 Å². The van der Waals surface area contributed by atoms with Crippen molar-refractivity contribution in [2.45, 2.75) is 30.7 Å². The van der Waals surface area contributed by atoms with Gasteiger partial charge in [-0.1, -0.05) is 0 Å². The second-order valence-corrected chi connectivity index (χ2v) is 6.02. The summed E-state index contributed by atoms with van der Waals surface area (Å²) in [6, 6.07) is -0.0176. The van der Waals surface area contributed by atoms with E-state index >= 15 is 0 Å². The number of aromatic amines is 1. The van der Waals surface area contributed by atoms with Crippen LogP contribution < -0.4 is 0 Å². The fourth-order valence-corrected chi connectivity index (χ4v) is 3.36. The van der Waals surface area contributed by atoms with E-state index in [1.54, 1.807) is 0 Å². The molecule has 1 aromatic rings. The number of carboxylic acids is 1. The van der Waals surface area contributed by atoms with Crippen molar-refractivity contribution in [1.29, 1.82) is 0 Å². The second-order valence-electron chi connectivity index (χ2n) is 4.08. The van der Waals surface area contributed by atoms with Crippen LogP contribution in [0.4, 0.5) is 0 Å². The van der Waals surface area contributed by atoms with Crippen molar-refractivity contribution in [1.82, 2.24) is 14.5 Å². The molecule has 0 unspecified atom stereocenters. The average molecular weight is 259 g/mol. The first-order chi connectivity index (χ1) is 7.85. The Hall–Kier alpha value is -1.41. The Morgan fingerprint density at radius 1 is 1.53 bits per heavy atom. The van der Waals surface area contributed by atoms with Crippen LogP contribution in [0.25, 0.3) is 0 Å². The zero-order chi connectivity index (χ0) is 12.8. The van der Waals surface area contributed by atoms with E-state index in [1.165, 1.54) is 18.3 Å². The van der Waals surface area contributed by atoms with E-state index in [9.17, 15) is 13.2 Å². The van der Waals surface area contributed by atoms with Gasteiger partial charge < -0.3 is 5.11 Å². The van der Waals surface area contributed by atoms with Crippen molar-refractivity contribution in [3.05, 3.63) is 11.4 Å². The molecule has 1 aliphatic rings. The molecule has 7 nitrogen and oxygen atoms in total. The molecule has 1 aromatic heterocycles. The Labute approximate surface area is 98.5 Å². The number of aromatic carboxylic acids is 1. The lowest BCUT2D eigenvalue weighted by molar-refractivity contribution is 0.0686. The molecule has 0 amide bonds. The van der Waals surface area contributed by atoms with Gasteiger partial charge in [-0.3, -0.25) is 5.10 Å². The predicted molar refractivity (Wildman–Crippen MR) is 58.3 cm³/mol. The van der Waals surface area contributed by atoms with Crippen molar-refractivity contribution in [3.63, 3.8) is 0 Å². The number of hydrogen-bond acceptors (Lipinski definition) is 4. The highest BCUT2D eigenvalue weighted by Crippen LogP contribution is 2.32. The molecule has 0 radical (unpaired) electrons. The van der Waals surface area contributed by atoms with Crippen LogP contribution in [0, 0.1) is 6.92 Å². The zero-order valence-electron chi connectivity index (χ0n) is 9.47. The van der Waals surface area contributed by atoms with Crippen LogP contribution >= 0.6 is 0 Å². The van der Waals surface area contributed by atoms with Gasteiger partial charge in [0.15, 0.2) is 5.69 Å². The summed E-state index contributed by atoms with van der Waals surface area (Å²) in [6.45, 7) is 1.49. The van der Waals surface area contributed by atoms with E-state index in [2.05, 4.69) is 10.2 Å². The van der Waals surface area contributed by atoms with Crippen molar-refractivity contribution in [3.8, 4) is 0 Å². The number of carboxylic acid groups (broad SMARTS) is 1. The molecule has 0 spiro atoms. The molecule has 94 valence electrons. The van der Waals surface area contributed by atoms with E-state index in [0.29, 0.717) is 0 Å². The molecule has 0 aromatic carbocycles. The van der Waals surface area contributed by atoms with Crippen molar-refractivity contribution < 1.29 is 18.3 Å². The van der Waals surface area contributed by atoms with E-state index < -0.39 is 21.7 Å². The number of aryl methyl sites for hydroxylation is 1. The number of nitrogens with zero attached hydrogens (tertiary/aromatic N) is 2. The van der Waals surface area contributed by atoms with Crippen molar-refractivity contribution in [2.24, 2.45) is 0 Å². The van der Waals surface area contributed by atoms with Gasteiger partial charge >= 0.3 is 5.97 Å². The Morgan fingerprint density at radius 3 is 2.59 bits per heavy atom. The maximum atomic E-state index is 12.2. The maximum Gasteiger partial charge on any atom is 0.357 e. The van der Waals surface area contributed by atoms with E-state index in [4.69, 9.17) is 5.11 Å². The molecular weight excluding hydrogens is 246 g/mol. The highest BCUT2D eigenvalue weighted by atomic mass is 32.2. The number of hydrogen-bond donors (Lipinski definition) is 2. The molecule has 0 bridgehead atoms. The summed E-state index contributed by atoms with van der Waals surface area (Å²) in [7, 11) is -2.32. The van der Waals surface area contributed by atoms with E-state index in [1.807, 2.05) is 0 Å². The van der Waals surface area contributed by atoms with Gasteiger partial charge in [0.05, 0.1) is 5.69 Å². The first-order valence-electron chi connectivity index (χ1n) is 5.12. The number of H-pyrrole nitrogens is 1. The molecule has 1 saturated carbocycles. The molecule has 2 N–H and O–H groups in total. The fraction of sp³-hybridized carbons (Fsp3) is 0.556. The van der Waals surface area contributed by atoms with Gasteiger partial charge in [-0.25, -0.2) is 13.2 Å². The van der Waals surface area contributed by atoms with Crippen LogP contribution in [0.15, 0.2) is 4.90 Å². The monoisotopic (exact) mass is 259 g/mol. The smallest absolute Gasteiger partial charge is 0.357 e. The Balaban J connectivity index is 2.52. The molecule has 17 heavy (non-hydrogen) atoms. The number of aromatic nitrogens is 2. The molecule has 0 atom stereocenters. The van der Waals surface area contributed by atoms with E-state index in [0.717, 1.165) is 12.8 Å². The van der Waals surface area contributed by atoms with Gasteiger partial charge in [-0.05, 0) is 19.8 Å². The maximum absolute atomic E-state index is 12.2. The molecule has 1 fully saturated rings. The van der Waals surface area contributed by atoms with Crippen LogP contribution in [0.3, 0.4) is 0 Å². The van der Waals surface area contributed by atoms with Gasteiger partial charge in [0, 0.05) is 13.1 Å². The van der Waals surface area contributed by atoms with Crippen LogP contribution in [-0.2, 0) is 10.0 Å². The molecule has 8 heteroatoms. The summed E-state index contributed by atoms with van der Waals surface area (Å²) < 4.78 is 25.7. The highest BCUT2D eigenvalue weighted by Gasteiger charge is 2.39. The van der Waals surface area contributed by atoms with Crippen molar-refractivity contribution >= 4 is 16.0 Å². The first kappa shape index (κ1) is 12.1. The standard InChI is InChI=1S/C9H13N3O4S/c1-5-8(7(9(13)14)11-10-5)17(15,16)12(2)6-3-4-6/h6H,3-4H2,1-2H3,(H,10,11)(H,13,14). The summed E-state index contributed by atoms with van der Waals surface area (Å²) in [5.74, 6) is -1.35. The molecule has 1 aliphatic carbocycles. The Kier molecular flexibility index (Phi) is 2.70. The second kappa shape index (κ2) is 3.81. The third kappa shape index (κ3) is 1.93. The molecule has 0 aliphatic heterocycles. The number of nitrogens with one attached hydrogen (secondary N) is 1. The number of rotatable bonds is 4. The zero-order valence-corrected chi connectivity index (χ0v) is 10.3. The minimum absolute atomic E-state index is 0.0176. The lowest BCUT2D eigenvalue weighted by atomic mass is 10.4. The van der Waals surface area contributed by atoms with Crippen LogP contribution in [0.1, 0.15) is 29.0 Å². The highest BCUT2D eigenvalue weighted by molar-refractivity contribution is 7.89. The minimum Gasteiger partial charge on any atom is -0.476 e. The largest absolute Gasteiger partial charge is 0.476 e. The topological polar surface area (TPSA) is 103 Å². The number of carbonyl (C=O) groups is 1. The van der Waals surface area contributed by atoms with Crippen LogP contribution in [0.2, 0.25) is 0 Å². The fourth-order valence-electron chi connectivity index (χ4n) is 1.66. The first-order valence-corrected chi connectivity index (χ1v) is 6.56. The molecule has 2 rings (SSSR count). The average Bonchev–Trinajstić information content (AvgIpc) is 2.99. The molecule has 0 saturated heterocycles. The number of sulfonamides is 1. The quantitative estimate of drug-likeness (QED) is 0.803. The summed E-state index contributed by atoms with van der Waals surface area (Å²) in [6.07, 6.45) is 1.63. The van der Waals surface area contributed by atoms with Gasteiger partial charge in [0.2, 0.25) is 10.0 Å². The Morgan fingerprint density at radius 2 is 2.12 bits per heavy atom. The summed E-state index contributed by atoms with van der Waals surface area (Å²) in [5.41, 5.74) is -0.204. The van der Waals surface area contributed by atoms with Gasteiger partial charge in [0.25, 0.3) is 0 Å². The van der Waals surface area contributed by atoms with E-state index in [-0.39, 0.29) is 16.6 Å². The van der Waals surface area contributed by atoms with Gasteiger partial charge in [0.1, 0.15) is 4.90 Å². The van der Waals surface area contributed by atoms with Crippen molar-refractivity contribution in [2.75, 3.05) is 7.05 Å². The normalized spacial score (nSPS) is 16.4. The minimum atomic E-state index is -3.78. The summed E-state index contributed by atoms with van der Waals surface area (Å²) >= 11 is 0. The lowest BCUT2D eigenvalue weighted by Crippen LogP contribution is -2.30. The SMILES string of the molecule is Cc1[nH]nc(C(=O)O)c1S(=O)(=O)N(C)C1CC1.